The summed E-state index contributed by atoms with van der Waals surface area (Å²) in [6.45, 7) is 4.46. The highest BCUT2D eigenvalue weighted by molar-refractivity contribution is 6.34. The van der Waals surface area contributed by atoms with E-state index in [1.54, 1.807) is 6.07 Å². The summed E-state index contributed by atoms with van der Waals surface area (Å²) in [5.41, 5.74) is 0.170. The van der Waals surface area contributed by atoms with Crippen molar-refractivity contribution in [1.29, 1.82) is 0 Å². The Labute approximate surface area is 119 Å². The van der Waals surface area contributed by atoms with Gasteiger partial charge in [-0.3, -0.25) is 0 Å². The number of hydrogen-bond donors (Lipinski definition) is 1. The lowest BCUT2D eigenvalue weighted by Gasteiger charge is -2.53. The predicted molar refractivity (Wildman–Crippen MR) is 76.7 cm³/mol. The minimum Gasteiger partial charge on any atom is -0.490 e. The Morgan fingerprint density at radius 2 is 1.94 bits per heavy atom. The fourth-order valence-corrected chi connectivity index (χ4v) is 3.19. The summed E-state index contributed by atoms with van der Waals surface area (Å²) in [7, 11) is 2.01. The molecule has 0 aromatic heterocycles. The van der Waals surface area contributed by atoms with Gasteiger partial charge in [0.05, 0.1) is 0 Å². The third-order valence-electron chi connectivity index (χ3n) is 4.21. The van der Waals surface area contributed by atoms with E-state index < -0.39 is 0 Å². The Bertz CT molecular complexity index is 418. The zero-order valence-electron chi connectivity index (χ0n) is 11.0. The normalized spacial score (nSPS) is 30.9. The second-order valence-corrected chi connectivity index (χ2v) is 6.02. The lowest BCUT2D eigenvalue weighted by molar-refractivity contribution is -0.0677. The van der Waals surface area contributed by atoms with Crippen molar-refractivity contribution < 1.29 is 4.74 Å². The fourth-order valence-electron chi connectivity index (χ4n) is 2.68. The van der Waals surface area contributed by atoms with Crippen molar-refractivity contribution in [3.05, 3.63) is 28.2 Å². The Morgan fingerprint density at radius 1 is 1.33 bits per heavy atom. The first-order valence-corrected chi connectivity index (χ1v) is 7.05. The molecule has 0 heterocycles. The van der Waals surface area contributed by atoms with E-state index in [0.717, 1.165) is 18.6 Å². The van der Waals surface area contributed by atoms with Crippen molar-refractivity contribution in [3.63, 3.8) is 0 Å². The molecule has 0 aliphatic heterocycles. The molecule has 0 radical (unpaired) electrons. The van der Waals surface area contributed by atoms with Gasteiger partial charge in [0, 0.05) is 27.9 Å². The van der Waals surface area contributed by atoms with Gasteiger partial charge < -0.3 is 10.1 Å². The number of halogens is 2. The molecular formula is C14H19Cl2NO. The van der Waals surface area contributed by atoms with E-state index in [4.69, 9.17) is 27.9 Å². The predicted octanol–water partition coefficient (Wildman–Crippen LogP) is 4.15. The molecule has 3 atom stereocenters. The first-order valence-electron chi connectivity index (χ1n) is 6.29. The summed E-state index contributed by atoms with van der Waals surface area (Å²) in [4.78, 5) is 0. The summed E-state index contributed by atoms with van der Waals surface area (Å²) in [6, 6.07) is 5.86. The van der Waals surface area contributed by atoms with Gasteiger partial charge in [-0.05, 0) is 31.7 Å². The van der Waals surface area contributed by atoms with E-state index in [1.807, 2.05) is 19.2 Å². The Morgan fingerprint density at radius 3 is 2.44 bits per heavy atom. The number of rotatable bonds is 4. The summed E-state index contributed by atoms with van der Waals surface area (Å²) in [5.74, 6) is 0.756. The second kappa shape index (κ2) is 5.28. The Balaban J connectivity index is 2.11. The van der Waals surface area contributed by atoms with Crippen LogP contribution in [0.2, 0.25) is 10.0 Å². The Hall–Kier alpha value is -0.440. The highest BCUT2D eigenvalue weighted by Gasteiger charge is 2.51. The molecule has 1 fully saturated rings. The molecule has 0 saturated heterocycles. The fraction of sp³-hybridized carbons (Fsp3) is 0.571. The van der Waals surface area contributed by atoms with Gasteiger partial charge in [0.15, 0.2) is 0 Å². The SMILES string of the molecule is CCC1(C)C(NC)CC1Oc1cc(Cl)cc(Cl)c1. The Kier molecular flexibility index (Phi) is 4.10. The molecule has 2 rings (SSSR count). The number of ether oxygens (including phenoxy) is 1. The van der Waals surface area contributed by atoms with Crippen LogP contribution in [0.3, 0.4) is 0 Å². The quantitative estimate of drug-likeness (QED) is 0.898. The molecule has 4 heteroatoms. The lowest BCUT2D eigenvalue weighted by Crippen LogP contribution is -2.62. The minimum absolute atomic E-state index is 0.170. The highest BCUT2D eigenvalue weighted by Crippen LogP contribution is 2.46. The van der Waals surface area contributed by atoms with Gasteiger partial charge in [0.1, 0.15) is 11.9 Å². The molecule has 100 valence electrons. The van der Waals surface area contributed by atoms with Crippen LogP contribution in [0.5, 0.6) is 5.75 Å². The van der Waals surface area contributed by atoms with Crippen LogP contribution in [0.25, 0.3) is 0 Å². The average molecular weight is 288 g/mol. The number of hydrogen-bond acceptors (Lipinski definition) is 2. The van der Waals surface area contributed by atoms with Crippen LogP contribution in [-0.4, -0.2) is 19.2 Å². The summed E-state index contributed by atoms with van der Waals surface area (Å²) in [5, 5.41) is 4.57. The van der Waals surface area contributed by atoms with Crippen LogP contribution >= 0.6 is 23.2 Å². The van der Waals surface area contributed by atoms with E-state index in [2.05, 4.69) is 19.2 Å². The van der Waals surface area contributed by atoms with Gasteiger partial charge in [0.2, 0.25) is 0 Å². The third kappa shape index (κ3) is 2.47. The summed E-state index contributed by atoms with van der Waals surface area (Å²) < 4.78 is 6.04. The monoisotopic (exact) mass is 287 g/mol. The van der Waals surface area contributed by atoms with Gasteiger partial charge in [-0.1, -0.05) is 37.0 Å². The maximum atomic E-state index is 6.04. The zero-order chi connectivity index (χ0) is 13.3. The summed E-state index contributed by atoms with van der Waals surface area (Å²) >= 11 is 12.0. The molecule has 0 amide bonds. The first-order chi connectivity index (χ1) is 8.49. The summed E-state index contributed by atoms with van der Waals surface area (Å²) in [6.07, 6.45) is 2.32. The van der Waals surface area contributed by atoms with Gasteiger partial charge in [-0.25, -0.2) is 0 Å². The zero-order valence-corrected chi connectivity index (χ0v) is 12.5. The largest absolute Gasteiger partial charge is 0.490 e. The molecule has 1 aromatic rings. The number of benzene rings is 1. The smallest absolute Gasteiger partial charge is 0.122 e. The van der Waals surface area contributed by atoms with Crippen molar-refractivity contribution in [1.82, 2.24) is 5.32 Å². The van der Waals surface area contributed by atoms with Crippen LogP contribution in [0.15, 0.2) is 18.2 Å². The van der Waals surface area contributed by atoms with E-state index in [-0.39, 0.29) is 11.5 Å². The van der Waals surface area contributed by atoms with Gasteiger partial charge >= 0.3 is 0 Å². The van der Waals surface area contributed by atoms with Crippen molar-refractivity contribution >= 4 is 23.2 Å². The topological polar surface area (TPSA) is 21.3 Å². The molecule has 1 aromatic carbocycles. The van der Waals surface area contributed by atoms with Crippen molar-refractivity contribution in [2.24, 2.45) is 5.41 Å². The van der Waals surface area contributed by atoms with E-state index in [9.17, 15) is 0 Å². The van der Waals surface area contributed by atoms with Crippen LogP contribution in [0.4, 0.5) is 0 Å². The van der Waals surface area contributed by atoms with Crippen LogP contribution in [0, 0.1) is 5.41 Å². The molecule has 3 unspecified atom stereocenters. The standard InChI is InChI=1S/C14H19Cl2NO/c1-4-14(2)12(17-3)8-13(14)18-11-6-9(15)5-10(16)7-11/h5-7,12-13,17H,4,8H2,1-3H3. The number of nitrogens with one attached hydrogen (secondary N) is 1. The van der Waals surface area contributed by atoms with Crippen LogP contribution < -0.4 is 10.1 Å². The molecule has 0 bridgehead atoms. The van der Waals surface area contributed by atoms with E-state index in [0.29, 0.717) is 16.1 Å². The van der Waals surface area contributed by atoms with Crippen molar-refractivity contribution in [2.75, 3.05) is 7.05 Å². The molecular weight excluding hydrogens is 269 g/mol. The molecule has 1 N–H and O–H groups in total. The third-order valence-corrected chi connectivity index (χ3v) is 4.64. The average Bonchev–Trinajstić information content (AvgIpc) is 2.31. The van der Waals surface area contributed by atoms with Crippen molar-refractivity contribution in [2.45, 2.75) is 38.8 Å². The second-order valence-electron chi connectivity index (χ2n) is 5.15. The highest BCUT2D eigenvalue weighted by atomic mass is 35.5. The van der Waals surface area contributed by atoms with Gasteiger partial charge in [0.25, 0.3) is 0 Å². The van der Waals surface area contributed by atoms with E-state index >= 15 is 0 Å². The van der Waals surface area contributed by atoms with Crippen LogP contribution in [0.1, 0.15) is 26.7 Å². The minimum atomic E-state index is 0.170. The van der Waals surface area contributed by atoms with Crippen LogP contribution in [-0.2, 0) is 0 Å². The van der Waals surface area contributed by atoms with Gasteiger partial charge in [-0.15, -0.1) is 0 Å². The molecule has 1 aliphatic rings. The van der Waals surface area contributed by atoms with Crippen molar-refractivity contribution in [3.8, 4) is 5.75 Å². The molecule has 1 saturated carbocycles. The van der Waals surface area contributed by atoms with E-state index in [1.165, 1.54) is 0 Å². The molecule has 0 spiro atoms. The lowest BCUT2D eigenvalue weighted by atomic mass is 9.61. The molecule has 18 heavy (non-hydrogen) atoms. The molecule has 2 nitrogen and oxygen atoms in total. The molecule has 1 aliphatic carbocycles. The van der Waals surface area contributed by atoms with Gasteiger partial charge in [-0.2, -0.15) is 0 Å². The maximum absolute atomic E-state index is 6.04. The first kappa shape index (κ1) is 14.0. The maximum Gasteiger partial charge on any atom is 0.122 e.